The second-order valence-electron chi connectivity index (χ2n) is 4.67. The predicted molar refractivity (Wildman–Crippen MR) is 76.3 cm³/mol. The number of sulfonamides is 1. The molecule has 2 aromatic rings. The van der Waals surface area contributed by atoms with Crippen LogP contribution in [0.25, 0.3) is 0 Å². The minimum Gasteiger partial charge on any atom is -0.491 e. The van der Waals surface area contributed by atoms with E-state index in [-0.39, 0.29) is 11.1 Å². The highest BCUT2D eigenvalue weighted by Gasteiger charge is 2.16. The first-order chi connectivity index (χ1) is 9.38. The average Bonchev–Trinajstić information content (AvgIpc) is 2.86. The summed E-state index contributed by atoms with van der Waals surface area (Å²) in [6.45, 7) is 5.69. The van der Waals surface area contributed by atoms with Gasteiger partial charge in [0.2, 0.25) is 0 Å². The Morgan fingerprint density at radius 2 is 2.05 bits per heavy atom. The van der Waals surface area contributed by atoms with Crippen molar-refractivity contribution in [2.24, 2.45) is 0 Å². The second kappa shape index (κ2) is 5.54. The van der Waals surface area contributed by atoms with Crippen LogP contribution in [-0.2, 0) is 10.0 Å². The molecule has 0 saturated carbocycles. The van der Waals surface area contributed by atoms with Crippen LogP contribution < -0.4 is 9.46 Å². The molecule has 0 unspecified atom stereocenters. The molecule has 0 saturated heterocycles. The number of ether oxygens (including phenoxy) is 1. The van der Waals surface area contributed by atoms with Crippen molar-refractivity contribution in [3.8, 4) is 5.75 Å². The molecule has 1 aromatic heterocycles. The van der Waals surface area contributed by atoms with E-state index in [1.807, 2.05) is 20.8 Å². The number of anilines is 1. The molecule has 0 atom stereocenters. The Kier molecular flexibility index (Phi) is 3.99. The van der Waals surface area contributed by atoms with Crippen molar-refractivity contribution in [2.45, 2.75) is 31.9 Å². The molecule has 0 aliphatic carbocycles. The Labute approximate surface area is 118 Å². The number of nitrogens with zero attached hydrogens (tertiary/aromatic N) is 1. The smallest absolute Gasteiger partial charge is 0.278 e. The molecule has 6 nitrogen and oxygen atoms in total. The zero-order valence-corrected chi connectivity index (χ0v) is 12.4. The van der Waals surface area contributed by atoms with Gasteiger partial charge in [-0.25, -0.2) is 0 Å². The maximum atomic E-state index is 12.1. The molecule has 1 heterocycles. The van der Waals surface area contributed by atoms with Gasteiger partial charge in [-0.1, -0.05) is 0 Å². The maximum Gasteiger partial charge on any atom is 0.278 e. The van der Waals surface area contributed by atoms with Crippen LogP contribution in [0.5, 0.6) is 5.75 Å². The van der Waals surface area contributed by atoms with Gasteiger partial charge < -0.3 is 4.74 Å². The van der Waals surface area contributed by atoms with E-state index in [0.29, 0.717) is 11.4 Å². The van der Waals surface area contributed by atoms with Crippen LogP contribution in [0.4, 0.5) is 5.69 Å². The topological polar surface area (TPSA) is 84.1 Å². The summed E-state index contributed by atoms with van der Waals surface area (Å²) in [7, 11) is -3.64. The first-order valence-corrected chi connectivity index (χ1v) is 7.66. The third-order valence-electron chi connectivity index (χ3n) is 2.58. The number of aromatic nitrogens is 2. The fraction of sp³-hybridized carbons (Fsp3) is 0.308. The monoisotopic (exact) mass is 295 g/mol. The average molecular weight is 295 g/mol. The van der Waals surface area contributed by atoms with Crippen LogP contribution in [0.2, 0.25) is 0 Å². The van der Waals surface area contributed by atoms with E-state index in [4.69, 9.17) is 4.74 Å². The number of rotatable bonds is 5. The van der Waals surface area contributed by atoms with Gasteiger partial charge in [0.15, 0.2) is 5.03 Å². The first kappa shape index (κ1) is 14.4. The van der Waals surface area contributed by atoms with Crippen molar-refractivity contribution in [3.63, 3.8) is 0 Å². The van der Waals surface area contributed by atoms with Gasteiger partial charge in [-0.05, 0) is 50.6 Å². The van der Waals surface area contributed by atoms with Crippen LogP contribution in [0.15, 0.2) is 35.5 Å². The third-order valence-corrected chi connectivity index (χ3v) is 3.87. The lowest BCUT2D eigenvalue weighted by Gasteiger charge is -2.13. The van der Waals surface area contributed by atoms with Gasteiger partial charge in [0, 0.05) is 0 Å². The summed E-state index contributed by atoms with van der Waals surface area (Å²) in [4.78, 5) is 0. The van der Waals surface area contributed by atoms with Crippen LogP contribution in [-0.4, -0.2) is 24.7 Å². The largest absolute Gasteiger partial charge is 0.491 e. The number of aryl methyl sites for hydroxylation is 1. The Hall–Kier alpha value is -2.02. The van der Waals surface area contributed by atoms with Gasteiger partial charge >= 0.3 is 0 Å². The Morgan fingerprint density at radius 1 is 1.30 bits per heavy atom. The number of hydrogen-bond donors (Lipinski definition) is 2. The summed E-state index contributed by atoms with van der Waals surface area (Å²) in [6.07, 6.45) is 1.46. The molecule has 2 rings (SSSR count). The van der Waals surface area contributed by atoms with Gasteiger partial charge in [0.05, 0.1) is 18.0 Å². The SMILES string of the molecule is Cc1cc(OC(C)C)ccc1NS(=O)(=O)c1ccn[nH]1. The molecule has 0 amide bonds. The predicted octanol–water partition coefficient (Wildman–Crippen LogP) is 2.31. The van der Waals surface area contributed by atoms with Crippen LogP contribution in [0.1, 0.15) is 19.4 Å². The Bertz CT molecular complexity index is 679. The highest BCUT2D eigenvalue weighted by molar-refractivity contribution is 7.92. The van der Waals surface area contributed by atoms with Crippen molar-refractivity contribution in [3.05, 3.63) is 36.0 Å². The maximum absolute atomic E-state index is 12.1. The molecule has 0 radical (unpaired) electrons. The standard InChI is InChI=1S/C13H17N3O3S/c1-9(2)19-11-4-5-12(10(3)8-11)16-20(17,18)13-6-7-14-15-13/h4-9,16H,1-3H3,(H,14,15). The molecule has 0 aliphatic rings. The lowest BCUT2D eigenvalue weighted by atomic mass is 10.2. The van der Waals surface area contributed by atoms with E-state index in [2.05, 4.69) is 14.9 Å². The van der Waals surface area contributed by atoms with Gasteiger partial charge in [0.25, 0.3) is 10.0 Å². The summed E-state index contributed by atoms with van der Waals surface area (Å²) < 4.78 is 32.2. The summed E-state index contributed by atoms with van der Waals surface area (Å²) in [5.74, 6) is 0.710. The molecule has 1 aromatic carbocycles. The molecule has 108 valence electrons. The summed E-state index contributed by atoms with van der Waals surface area (Å²) in [5.41, 5.74) is 1.29. The zero-order chi connectivity index (χ0) is 14.8. The second-order valence-corrected chi connectivity index (χ2v) is 6.32. The van der Waals surface area contributed by atoms with E-state index in [0.717, 1.165) is 5.56 Å². The highest BCUT2D eigenvalue weighted by atomic mass is 32.2. The number of aromatic amines is 1. The fourth-order valence-electron chi connectivity index (χ4n) is 1.69. The van der Waals surface area contributed by atoms with E-state index >= 15 is 0 Å². The summed E-state index contributed by atoms with van der Waals surface area (Å²) >= 11 is 0. The van der Waals surface area contributed by atoms with E-state index < -0.39 is 10.0 Å². The first-order valence-electron chi connectivity index (χ1n) is 6.18. The lowest BCUT2D eigenvalue weighted by molar-refractivity contribution is 0.242. The van der Waals surface area contributed by atoms with E-state index in [9.17, 15) is 8.42 Å². The minimum atomic E-state index is -3.64. The van der Waals surface area contributed by atoms with Crippen LogP contribution in [0, 0.1) is 6.92 Å². The normalized spacial score (nSPS) is 11.6. The van der Waals surface area contributed by atoms with E-state index in [1.165, 1.54) is 12.3 Å². The van der Waals surface area contributed by atoms with Crippen LogP contribution in [0.3, 0.4) is 0 Å². The molecule has 7 heteroatoms. The van der Waals surface area contributed by atoms with E-state index in [1.54, 1.807) is 18.2 Å². The van der Waals surface area contributed by atoms with Crippen molar-refractivity contribution >= 4 is 15.7 Å². The van der Waals surface area contributed by atoms with Crippen molar-refractivity contribution in [1.82, 2.24) is 10.2 Å². The van der Waals surface area contributed by atoms with Gasteiger partial charge in [-0.2, -0.15) is 13.5 Å². The van der Waals surface area contributed by atoms with Gasteiger partial charge in [0.1, 0.15) is 5.75 Å². The number of nitrogens with one attached hydrogen (secondary N) is 2. The zero-order valence-electron chi connectivity index (χ0n) is 11.5. The molecule has 0 bridgehead atoms. The molecular formula is C13H17N3O3S. The molecule has 0 spiro atoms. The molecule has 0 fully saturated rings. The van der Waals surface area contributed by atoms with Crippen LogP contribution >= 0.6 is 0 Å². The summed E-state index contributed by atoms with van der Waals surface area (Å²) in [5, 5.41) is 6.09. The Balaban J connectivity index is 2.22. The molecular weight excluding hydrogens is 278 g/mol. The van der Waals surface area contributed by atoms with Gasteiger partial charge in [-0.3, -0.25) is 9.82 Å². The quantitative estimate of drug-likeness (QED) is 0.886. The summed E-state index contributed by atoms with van der Waals surface area (Å²) in [6, 6.07) is 6.61. The van der Waals surface area contributed by atoms with Gasteiger partial charge in [-0.15, -0.1) is 0 Å². The highest BCUT2D eigenvalue weighted by Crippen LogP contribution is 2.24. The Morgan fingerprint density at radius 3 is 2.60 bits per heavy atom. The number of hydrogen-bond acceptors (Lipinski definition) is 4. The molecule has 2 N–H and O–H groups in total. The lowest BCUT2D eigenvalue weighted by Crippen LogP contribution is -2.14. The van der Waals surface area contributed by atoms with Crippen molar-refractivity contribution in [2.75, 3.05) is 4.72 Å². The van der Waals surface area contributed by atoms with Crippen molar-refractivity contribution in [1.29, 1.82) is 0 Å². The number of benzene rings is 1. The number of H-pyrrole nitrogens is 1. The third kappa shape index (κ3) is 3.30. The molecule has 20 heavy (non-hydrogen) atoms. The fourth-order valence-corrected chi connectivity index (χ4v) is 2.73. The molecule has 0 aliphatic heterocycles. The minimum absolute atomic E-state index is 0.0272. The van der Waals surface area contributed by atoms with Crippen molar-refractivity contribution < 1.29 is 13.2 Å².